The second-order valence-corrected chi connectivity index (χ2v) is 16.9. The van der Waals surface area contributed by atoms with Crippen molar-refractivity contribution in [1.82, 2.24) is 4.72 Å². The fraction of sp³-hybridized carbons (Fsp3) is 0.279. The predicted octanol–water partition coefficient (Wildman–Crippen LogP) is 8.99. The zero-order valence-electron chi connectivity index (χ0n) is 30.3. The summed E-state index contributed by atoms with van der Waals surface area (Å²) >= 11 is 1.76. The van der Waals surface area contributed by atoms with E-state index in [0.29, 0.717) is 0 Å². The average molecular weight is 734 g/mol. The van der Waals surface area contributed by atoms with Gasteiger partial charge in [-0.05, 0) is 110 Å². The molecule has 0 atom stereocenters. The maximum Gasteiger partial charge on any atom is 0.264 e. The van der Waals surface area contributed by atoms with Gasteiger partial charge >= 0.3 is 0 Å². The van der Waals surface area contributed by atoms with Gasteiger partial charge in [0, 0.05) is 59.7 Å². The van der Waals surface area contributed by atoms with Crippen molar-refractivity contribution in [2.45, 2.75) is 61.0 Å². The third-order valence-corrected chi connectivity index (χ3v) is 12.6. The molecule has 1 aliphatic heterocycles. The monoisotopic (exact) mass is 733 g/mol. The number of methoxy groups -OCH3 is 1. The third-order valence-electron chi connectivity index (χ3n) is 9.77. The molecular formula is C43H47N3O4S2. The molecule has 2 N–H and O–H groups in total. The number of amides is 1. The van der Waals surface area contributed by atoms with Gasteiger partial charge in [0.05, 0.1) is 10.5 Å². The number of benzene rings is 5. The molecule has 9 heteroatoms. The number of sulfonamides is 1. The first kappa shape index (κ1) is 37.2. The minimum absolute atomic E-state index is 0.0401. The van der Waals surface area contributed by atoms with Crippen LogP contribution in [0.25, 0.3) is 11.1 Å². The van der Waals surface area contributed by atoms with Gasteiger partial charge in [-0.2, -0.15) is 0 Å². The van der Waals surface area contributed by atoms with E-state index in [2.05, 4.69) is 89.4 Å². The van der Waals surface area contributed by atoms with Crippen LogP contribution in [0.3, 0.4) is 0 Å². The number of rotatable bonds is 13. The Bertz CT molecular complexity index is 2080. The summed E-state index contributed by atoms with van der Waals surface area (Å²) < 4.78 is 35.0. The Kier molecular flexibility index (Phi) is 11.4. The number of nitrogens with one attached hydrogen (secondary N) is 2. The number of hydrogen-bond acceptors (Lipinski definition) is 7. The minimum Gasteiger partial charge on any atom is -0.379 e. The van der Waals surface area contributed by atoms with E-state index in [9.17, 15) is 13.2 Å². The van der Waals surface area contributed by atoms with Crippen LogP contribution in [0.1, 0.15) is 48.2 Å². The number of aryl methyl sites for hydroxylation is 1. The van der Waals surface area contributed by atoms with Crippen LogP contribution in [0.2, 0.25) is 0 Å². The summed E-state index contributed by atoms with van der Waals surface area (Å²) in [6.45, 7) is 7.69. The molecular weight excluding hydrogens is 687 g/mol. The lowest BCUT2D eigenvalue weighted by Crippen LogP contribution is -2.47. The lowest BCUT2D eigenvalue weighted by Gasteiger charge is -2.42. The van der Waals surface area contributed by atoms with Crippen molar-refractivity contribution in [2.24, 2.45) is 0 Å². The maximum absolute atomic E-state index is 13.3. The predicted molar refractivity (Wildman–Crippen MR) is 214 cm³/mol. The van der Waals surface area contributed by atoms with Crippen molar-refractivity contribution in [3.05, 3.63) is 144 Å². The quantitative estimate of drug-likeness (QED) is 0.117. The summed E-state index contributed by atoms with van der Waals surface area (Å²) in [5, 5.41) is 3.55. The first-order valence-electron chi connectivity index (χ1n) is 17.6. The van der Waals surface area contributed by atoms with Gasteiger partial charge in [-0.1, -0.05) is 72.8 Å². The molecule has 0 aliphatic carbocycles. The van der Waals surface area contributed by atoms with E-state index in [1.165, 1.54) is 27.7 Å². The highest BCUT2D eigenvalue weighted by Gasteiger charge is 2.35. The average Bonchev–Trinajstić information content (AvgIpc) is 3.16. The Labute approximate surface area is 312 Å². The van der Waals surface area contributed by atoms with Crippen LogP contribution in [0.15, 0.2) is 137 Å². The van der Waals surface area contributed by atoms with Crippen LogP contribution in [-0.4, -0.2) is 51.4 Å². The van der Waals surface area contributed by atoms with Crippen LogP contribution < -0.4 is 14.9 Å². The van der Waals surface area contributed by atoms with Gasteiger partial charge in [-0.15, -0.1) is 11.8 Å². The largest absolute Gasteiger partial charge is 0.379 e. The fourth-order valence-corrected chi connectivity index (χ4v) is 8.74. The molecule has 1 amide bonds. The molecule has 0 saturated carbocycles. The number of nitrogens with zero attached hydrogens (tertiary/aromatic N) is 1. The third kappa shape index (κ3) is 9.07. The summed E-state index contributed by atoms with van der Waals surface area (Å²) in [7, 11) is -2.28. The molecule has 5 aromatic carbocycles. The number of anilines is 2. The molecule has 0 aromatic heterocycles. The minimum atomic E-state index is -4.09. The topological polar surface area (TPSA) is 87.7 Å². The Morgan fingerprint density at radius 1 is 0.846 bits per heavy atom. The lowest BCUT2D eigenvalue weighted by atomic mass is 9.82. The lowest BCUT2D eigenvalue weighted by molar-refractivity contribution is -0.0288. The van der Waals surface area contributed by atoms with Crippen molar-refractivity contribution < 1.29 is 17.9 Å². The second-order valence-electron chi connectivity index (χ2n) is 14.1. The van der Waals surface area contributed by atoms with E-state index in [1.807, 2.05) is 50.4 Å². The first-order valence-corrected chi connectivity index (χ1v) is 20.1. The number of ether oxygens (including phenoxy) is 1. The molecule has 1 fully saturated rings. The van der Waals surface area contributed by atoms with Crippen molar-refractivity contribution in [3.8, 4) is 11.1 Å². The Morgan fingerprint density at radius 2 is 1.48 bits per heavy atom. The van der Waals surface area contributed by atoms with Gasteiger partial charge in [-0.3, -0.25) is 4.79 Å². The Morgan fingerprint density at radius 3 is 2.13 bits per heavy atom. The van der Waals surface area contributed by atoms with Gasteiger partial charge < -0.3 is 15.0 Å². The molecule has 7 nitrogen and oxygen atoms in total. The molecule has 270 valence electrons. The number of piperidine rings is 1. The van der Waals surface area contributed by atoms with Crippen LogP contribution in [0, 0.1) is 6.92 Å². The molecule has 1 saturated heterocycles. The van der Waals surface area contributed by atoms with Gasteiger partial charge in [0.1, 0.15) is 0 Å². The zero-order valence-corrected chi connectivity index (χ0v) is 31.9. The Balaban J connectivity index is 1.05. The molecule has 0 spiro atoms. The highest BCUT2D eigenvalue weighted by atomic mass is 32.2. The molecule has 1 aliphatic rings. The summed E-state index contributed by atoms with van der Waals surface area (Å²) in [5.41, 5.74) is 6.06. The van der Waals surface area contributed by atoms with Crippen molar-refractivity contribution in [2.75, 3.05) is 36.2 Å². The van der Waals surface area contributed by atoms with Gasteiger partial charge in [0.2, 0.25) is 0 Å². The summed E-state index contributed by atoms with van der Waals surface area (Å²) in [6.07, 6.45) is 2.52. The zero-order chi connectivity index (χ0) is 36.8. The molecule has 5 aromatic rings. The van der Waals surface area contributed by atoms with Crippen molar-refractivity contribution in [1.29, 1.82) is 0 Å². The molecule has 6 rings (SSSR count). The van der Waals surface area contributed by atoms with E-state index in [-0.39, 0.29) is 21.6 Å². The number of carbonyl (C=O) groups excluding carboxylic acids is 1. The number of thioether (sulfide) groups is 1. The highest BCUT2D eigenvalue weighted by molar-refractivity contribution is 7.99. The van der Waals surface area contributed by atoms with Gasteiger partial charge in [0.25, 0.3) is 15.9 Å². The SMILES string of the molecule is COC1(Cc2ccccc2-c2ccccc2)CCN(c2ccc(C(=O)NS(=O)(=O)c3ccc(NC(C)(C)CSc4ccccc4)c(C)c3)cc2)CC1. The number of carbonyl (C=O) groups is 1. The van der Waals surface area contributed by atoms with Crippen molar-refractivity contribution >= 4 is 39.1 Å². The van der Waals surface area contributed by atoms with Crippen molar-refractivity contribution in [3.63, 3.8) is 0 Å². The first-order chi connectivity index (χ1) is 25.0. The Hall–Kier alpha value is -4.57. The highest BCUT2D eigenvalue weighted by Crippen LogP contribution is 2.35. The van der Waals surface area contributed by atoms with Gasteiger partial charge in [0.15, 0.2) is 0 Å². The van der Waals surface area contributed by atoms with Gasteiger partial charge in [-0.25, -0.2) is 13.1 Å². The number of hydrogen-bond donors (Lipinski definition) is 2. The molecule has 52 heavy (non-hydrogen) atoms. The summed E-state index contributed by atoms with van der Waals surface area (Å²) in [4.78, 5) is 16.7. The molecule has 0 radical (unpaired) electrons. The smallest absolute Gasteiger partial charge is 0.264 e. The normalized spacial score (nSPS) is 14.5. The molecule has 1 heterocycles. The van der Waals surface area contributed by atoms with E-state index < -0.39 is 15.9 Å². The molecule has 0 bridgehead atoms. The van der Waals surface area contributed by atoms with E-state index in [0.717, 1.165) is 55.0 Å². The summed E-state index contributed by atoms with van der Waals surface area (Å²) in [6, 6.07) is 41.2. The maximum atomic E-state index is 13.3. The molecule has 0 unspecified atom stereocenters. The van der Waals surface area contributed by atoms with Crippen LogP contribution >= 0.6 is 11.8 Å². The van der Waals surface area contributed by atoms with Crippen LogP contribution in [0.5, 0.6) is 0 Å². The standard InChI is InChI=1S/C43H47N3O4S2/c1-32-29-38(23-24-40(32)44-42(2,3)31-51-37-16-9-6-10-17-37)52(48,49)45-41(47)34-19-21-36(22-20-34)46-27-25-43(50-4,26-28-46)30-35-15-11-12-18-39(35)33-13-7-5-8-14-33/h5-24,29,44H,25-28,30-31H2,1-4H3,(H,45,47). The fourth-order valence-electron chi connectivity index (χ4n) is 6.73. The van der Waals surface area contributed by atoms with Crippen LogP contribution in [0.4, 0.5) is 11.4 Å². The van der Waals surface area contributed by atoms with E-state index in [4.69, 9.17) is 4.74 Å². The van der Waals surface area contributed by atoms with E-state index >= 15 is 0 Å². The second kappa shape index (κ2) is 16.0. The summed E-state index contributed by atoms with van der Waals surface area (Å²) in [5.74, 6) is 0.154. The van der Waals surface area contributed by atoms with E-state index in [1.54, 1.807) is 36.0 Å². The van der Waals surface area contributed by atoms with Crippen LogP contribution in [-0.2, 0) is 21.2 Å².